The van der Waals surface area contributed by atoms with Gasteiger partial charge in [0.05, 0.1) is 18.6 Å². The minimum absolute atomic E-state index is 0.0451. The Balaban J connectivity index is 1.88. The van der Waals surface area contributed by atoms with Crippen LogP contribution in [-0.4, -0.2) is 37.4 Å². The standard InChI is InChI=1S/C17H25NO3/c19-12-14-21-13-6-11-18-16(20)17(9-4-5-10-17)15-7-2-1-3-8-15/h1-3,7-8,19H,4-6,9-14H2,(H,18,20). The molecule has 116 valence electrons. The molecule has 21 heavy (non-hydrogen) atoms. The summed E-state index contributed by atoms with van der Waals surface area (Å²) in [6, 6.07) is 10.1. The monoisotopic (exact) mass is 291 g/mol. The lowest BCUT2D eigenvalue weighted by molar-refractivity contribution is -0.126. The quantitative estimate of drug-likeness (QED) is 0.720. The van der Waals surface area contributed by atoms with Crippen molar-refractivity contribution < 1.29 is 14.6 Å². The molecule has 0 unspecified atom stereocenters. The van der Waals surface area contributed by atoms with E-state index >= 15 is 0 Å². The Bertz CT molecular complexity index is 427. The summed E-state index contributed by atoms with van der Waals surface area (Å²) in [5.41, 5.74) is 0.796. The molecular formula is C17H25NO3. The maximum atomic E-state index is 12.7. The summed E-state index contributed by atoms with van der Waals surface area (Å²) in [5, 5.41) is 11.7. The Morgan fingerprint density at radius 1 is 1.19 bits per heavy atom. The molecule has 1 fully saturated rings. The van der Waals surface area contributed by atoms with E-state index in [9.17, 15) is 4.79 Å². The van der Waals surface area contributed by atoms with Crippen LogP contribution in [0.2, 0.25) is 0 Å². The van der Waals surface area contributed by atoms with Crippen molar-refractivity contribution >= 4 is 5.91 Å². The Morgan fingerprint density at radius 2 is 1.90 bits per heavy atom. The van der Waals surface area contributed by atoms with Crippen molar-refractivity contribution in [2.75, 3.05) is 26.4 Å². The van der Waals surface area contributed by atoms with Gasteiger partial charge in [0.25, 0.3) is 0 Å². The molecule has 0 bridgehead atoms. The number of carbonyl (C=O) groups excluding carboxylic acids is 1. The second kappa shape index (κ2) is 8.15. The number of aliphatic hydroxyl groups is 1. The van der Waals surface area contributed by atoms with E-state index in [0.717, 1.165) is 37.7 Å². The zero-order chi connectivity index (χ0) is 15.0. The molecular weight excluding hydrogens is 266 g/mol. The zero-order valence-corrected chi connectivity index (χ0v) is 12.5. The maximum absolute atomic E-state index is 12.7. The predicted octanol–water partition coefficient (Wildman–Crippen LogP) is 2.01. The summed E-state index contributed by atoms with van der Waals surface area (Å²) < 4.78 is 5.20. The lowest BCUT2D eigenvalue weighted by Gasteiger charge is -2.28. The number of ether oxygens (including phenoxy) is 1. The zero-order valence-electron chi connectivity index (χ0n) is 12.5. The number of hydrogen-bond donors (Lipinski definition) is 2. The summed E-state index contributed by atoms with van der Waals surface area (Å²) in [6.07, 6.45) is 4.87. The van der Waals surface area contributed by atoms with Crippen molar-refractivity contribution in [3.8, 4) is 0 Å². The van der Waals surface area contributed by atoms with E-state index in [1.54, 1.807) is 0 Å². The van der Waals surface area contributed by atoms with Crippen molar-refractivity contribution in [3.63, 3.8) is 0 Å². The molecule has 2 rings (SSSR count). The van der Waals surface area contributed by atoms with Crippen LogP contribution in [0.5, 0.6) is 0 Å². The van der Waals surface area contributed by atoms with Gasteiger partial charge in [0.15, 0.2) is 0 Å². The minimum Gasteiger partial charge on any atom is -0.394 e. The van der Waals surface area contributed by atoms with E-state index < -0.39 is 0 Å². The summed E-state index contributed by atoms with van der Waals surface area (Å²) >= 11 is 0. The third kappa shape index (κ3) is 4.05. The highest BCUT2D eigenvalue weighted by atomic mass is 16.5. The van der Waals surface area contributed by atoms with Crippen LogP contribution in [0.15, 0.2) is 30.3 Å². The van der Waals surface area contributed by atoms with Crippen LogP contribution in [0.3, 0.4) is 0 Å². The fourth-order valence-electron chi connectivity index (χ4n) is 3.09. The van der Waals surface area contributed by atoms with E-state index in [1.807, 2.05) is 18.2 Å². The average molecular weight is 291 g/mol. The van der Waals surface area contributed by atoms with Crippen molar-refractivity contribution in [1.82, 2.24) is 5.32 Å². The van der Waals surface area contributed by atoms with Gasteiger partial charge in [-0.15, -0.1) is 0 Å². The number of aliphatic hydroxyl groups excluding tert-OH is 1. The normalized spacial score (nSPS) is 16.8. The Hall–Kier alpha value is -1.39. The molecule has 4 heteroatoms. The Morgan fingerprint density at radius 3 is 2.57 bits per heavy atom. The van der Waals surface area contributed by atoms with Gasteiger partial charge in [0, 0.05) is 13.2 Å². The highest BCUT2D eigenvalue weighted by Crippen LogP contribution is 2.41. The van der Waals surface area contributed by atoms with Crippen molar-refractivity contribution in [2.45, 2.75) is 37.5 Å². The summed E-state index contributed by atoms with van der Waals surface area (Å²) in [7, 11) is 0. The number of nitrogens with one attached hydrogen (secondary N) is 1. The molecule has 1 aliphatic rings. The van der Waals surface area contributed by atoms with Crippen LogP contribution in [-0.2, 0) is 14.9 Å². The number of hydrogen-bond acceptors (Lipinski definition) is 3. The first-order valence-corrected chi connectivity index (χ1v) is 7.82. The van der Waals surface area contributed by atoms with E-state index in [4.69, 9.17) is 9.84 Å². The van der Waals surface area contributed by atoms with Crippen LogP contribution in [0.4, 0.5) is 0 Å². The number of amides is 1. The predicted molar refractivity (Wildman–Crippen MR) is 82.1 cm³/mol. The average Bonchev–Trinajstić information content (AvgIpc) is 3.02. The molecule has 2 N–H and O–H groups in total. The van der Waals surface area contributed by atoms with E-state index in [1.165, 1.54) is 0 Å². The van der Waals surface area contributed by atoms with Gasteiger partial charge >= 0.3 is 0 Å². The van der Waals surface area contributed by atoms with Crippen LogP contribution in [0, 0.1) is 0 Å². The van der Waals surface area contributed by atoms with Gasteiger partial charge in [0.1, 0.15) is 0 Å². The summed E-state index contributed by atoms with van der Waals surface area (Å²) in [4.78, 5) is 12.7. The van der Waals surface area contributed by atoms with E-state index in [2.05, 4.69) is 17.4 Å². The molecule has 1 aromatic carbocycles. The number of benzene rings is 1. The molecule has 1 aromatic rings. The second-order valence-corrected chi connectivity index (χ2v) is 5.60. The third-order valence-corrected chi connectivity index (χ3v) is 4.20. The first-order chi connectivity index (χ1) is 10.3. The van der Waals surface area contributed by atoms with Crippen LogP contribution >= 0.6 is 0 Å². The second-order valence-electron chi connectivity index (χ2n) is 5.60. The largest absolute Gasteiger partial charge is 0.394 e. The Labute approximate surface area is 126 Å². The number of rotatable bonds is 8. The van der Waals surface area contributed by atoms with Crippen molar-refractivity contribution in [2.24, 2.45) is 0 Å². The molecule has 4 nitrogen and oxygen atoms in total. The molecule has 0 aromatic heterocycles. The van der Waals surface area contributed by atoms with Gasteiger partial charge in [-0.1, -0.05) is 43.2 Å². The van der Waals surface area contributed by atoms with Gasteiger partial charge in [-0.05, 0) is 24.8 Å². The fraction of sp³-hybridized carbons (Fsp3) is 0.588. The molecule has 1 amide bonds. The van der Waals surface area contributed by atoms with Gasteiger partial charge in [-0.25, -0.2) is 0 Å². The number of carbonyl (C=O) groups is 1. The fourth-order valence-corrected chi connectivity index (χ4v) is 3.09. The van der Waals surface area contributed by atoms with Crippen LogP contribution in [0.25, 0.3) is 0 Å². The molecule has 0 atom stereocenters. The van der Waals surface area contributed by atoms with Gasteiger partial charge in [-0.3, -0.25) is 4.79 Å². The molecule has 0 heterocycles. The van der Waals surface area contributed by atoms with Gasteiger partial charge in [0.2, 0.25) is 5.91 Å². The van der Waals surface area contributed by atoms with Crippen LogP contribution in [0.1, 0.15) is 37.7 Å². The minimum atomic E-state index is -0.340. The van der Waals surface area contributed by atoms with Gasteiger partial charge in [-0.2, -0.15) is 0 Å². The molecule has 1 saturated carbocycles. The molecule has 0 saturated heterocycles. The van der Waals surface area contributed by atoms with Crippen molar-refractivity contribution in [3.05, 3.63) is 35.9 Å². The van der Waals surface area contributed by atoms with Gasteiger partial charge < -0.3 is 15.2 Å². The molecule has 1 aliphatic carbocycles. The first-order valence-electron chi connectivity index (χ1n) is 7.82. The Kier molecular flexibility index (Phi) is 6.21. The lowest BCUT2D eigenvalue weighted by Crippen LogP contribution is -2.43. The topological polar surface area (TPSA) is 58.6 Å². The SMILES string of the molecule is O=C(NCCCOCCO)C1(c2ccccc2)CCCC1. The van der Waals surface area contributed by atoms with E-state index in [0.29, 0.717) is 19.8 Å². The third-order valence-electron chi connectivity index (χ3n) is 4.20. The maximum Gasteiger partial charge on any atom is 0.230 e. The lowest BCUT2D eigenvalue weighted by atomic mass is 9.78. The summed E-state index contributed by atoms with van der Waals surface area (Å²) in [6.45, 7) is 1.60. The molecule has 0 spiro atoms. The highest BCUT2D eigenvalue weighted by molar-refractivity contribution is 5.88. The first kappa shape index (κ1) is 16.0. The van der Waals surface area contributed by atoms with Crippen LogP contribution < -0.4 is 5.32 Å². The van der Waals surface area contributed by atoms with Crippen molar-refractivity contribution in [1.29, 1.82) is 0 Å². The van der Waals surface area contributed by atoms with E-state index in [-0.39, 0.29) is 17.9 Å². The molecule has 0 radical (unpaired) electrons. The smallest absolute Gasteiger partial charge is 0.230 e. The summed E-state index contributed by atoms with van der Waals surface area (Å²) in [5.74, 6) is 0.147. The molecule has 0 aliphatic heterocycles. The highest BCUT2D eigenvalue weighted by Gasteiger charge is 2.42.